The van der Waals surface area contributed by atoms with Gasteiger partial charge >= 0.3 is 0 Å². The summed E-state index contributed by atoms with van der Waals surface area (Å²) < 4.78 is 1.71. The maximum absolute atomic E-state index is 9.49. The van der Waals surface area contributed by atoms with Crippen LogP contribution in [-0.2, 0) is 13.5 Å². The smallest absolute Gasteiger partial charge is 0.0827 e. The summed E-state index contributed by atoms with van der Waals surface area (Å²) in [6.45, 7) is 2.09. The van der Waals surface area contributed by atoms with Crippen LogP contribution in [0, 0.1) is 0 Å². The quantitative estimate of drug-likeness (QED) is 0.747. The number of aliphatic hydroxyl groups excluding tert-OH is 1. The third-order valence-corrected chi connectivity index (χ3v) is 2.24. The van der Waals surface area contributed by atoms with E-state index in [1.54, 1.807) is 4.68 Å². The van der Waals surface area contributed by atoms with Gasteiger partial charge in [-0.15, -0.1) is 5.10 Å². The maximum Gasteiger partial charge on any atom is 0.0827 e. The standard InChI is InChI=1S/C10H19N3O/c1-3-5-10(14)7-4-6-9-8-13(2)12-11-9/h8,10,14H,3-7H2,1-2H3. The van der Waals surface area contributed by atoms with Crippen LogP contribution < -0.4 is 0 Å². The van der Waals surface area contributed by atoms with Gasteiger partial charge < -0.3 is 5.11 Å². The van der Waals surface area contributed by atoms with Crippen molar-refractivity contribution < 1.29 is 5.11 Å². The summed E-state index contributed by atoms with van der Waals surface area (Å²) >= 11 is 0. The van der Waals surface area contributed by atoms with E-state index in [9.17, 15) is 5.11 Å². The van der Waals surface area contributed by atoms with E-state index in [-0.39, 0.29) is 6.10 Å². The Morgan fingerprint density at radius 1 is 1.50 bits per heavy atom. The van der Waals surface area contributed by atoms with E-state index in [1.165, 1.54) is 0 Å². The summed E-state index contributed by atoms with van der Waals surface area (Å²) in [5, 5.41) is 17.3. The highest BCUT2D eigenvalue weighted by molar-refractivity contribution is 4.91. The monoisotopic (exact) mass is 197 g/mol. The molecule has 0 spiro atoms. The lowest BCUT2D eigenvalue weighted by Gasteiger charge is -2.07. The minimum Gasteiger partial charge on any atom is -0.393 e. The summed E-state index contributed by atoms with van der Waals surface area (Å²) in [6.07, 6.45) is 6.49. The van der Waals surface area contributed by atoms with E-state index in [0.29, 0.717) is 0 Å². The minimum absolute atomic E-state index is 0.142. The van der Waals surface area contributed by atoms with Crippen molar-refractivity contribution in [1.82, 2.24) is 15.0 Å². The van der Waals surface area contributed by atoms with Crippen LogP contribution in [0.5, 0.6) is 0 Å². The van der Waals surface area contributed by atoms with Gasteiger partial charge in [0, 0.05) is 13.2 Å². The van der Waals surface area contributed by atoms with Gasteiger partial charge in [-0.1, -0.05) is 18.6 Å². The first-order valence-electron chi connectivity index (χ1n) is 5.25. The molecule has 0 aromatic carbocycles. The van der Waals surface area contributed by atoms with E-state index >= 15 is 0 Å². The van der Waals surface area contributed by atoms with Crippen molar-refractivity contribution in [2.75, 3.05) is 0 Å². The second-order valence-electron chi connectivity index (χ2n) is 3.72. The molecule has 80 valence electrons. The lowest BCUT2D eigenvalue weighted by atomic mass is 10.1. The molecule has 1 rings (SSSR count). The molecule has 0 bridgehead atoms. The number of rotatable bonds is 6. The van der Waals surface area contributed by atoms with E-state index < -0.39 is 0 Å². The average molecular weight is 197 g/mol. The number of aryl methyl sites for hydroxylation is 2. The van der Waals surface area contributed by atoms with Gasteiger partial charge in [0.05, 0.1) is 11.8 Å². The molecule has 1 unspecified atom stereocenters. The summed E-state index contributed by atoms with van der Waals surface area (Å²) in [4.78, 5) is 0. The summed E-state index contributed by atoms with van der Waals surface area (Å²) in [6, 6.07) is 0. The van der Waals surface area contributed by atoms with Gasteiger partial charge in [-0.25, -0.2) is 0 Å². The zero-order valence-electron chi connectivity index (χ0n) is 8.98. The molecule has 0 radical (unpaired) electrons. The number of hydrogen-bond donors (Lipinski definition) is 1. The van der Waals surface area contributed by atoms with Crippen LogP contribution >= 0.6 is 0 Å². The molecule has 1 N–H and O–H groups in total. The Balaban J connectivity index is 2.15. The van der Waals surface area contributed by atoms with E-state index in [1.807, 2.05) is 13.2 Å². The van der Waals surface area contributed by atoms with Crippen LogP contribution in [0.1, 0.15) is 38.3 Å². The van der Waals surface area contributed by atoms with Gasteiger partial charge in [-0.3, -0.25) is 4.68 Å². The second kappa shape index (κ2) is 5.75. The molecule has 0 aliphatic heterocycles. The van der Waals surface area contributed by atoms with Crippen LogP contribution in [0.3, 0.4) is 0 Å². The fourth-order valence-electron chi connectivity index (χ4n) is 1.51. The van der Waals surface area contributed by atoms with Crippen LogP contribution in [0.25, 0.3) is 0 Å². The topological polar surface area (TPSA) is 50.9 Å². The molecule has 1 aromatic heterocycles. The van der Waals surface area contributed by atoms with E-state index in [2.05, 4.69) is 17.2 Å². The SMILES string of the molecule is CCCC(O)CCCc1cn(C)nn1. The summed E-state index contributed by atoms with van der Waals surface area (Å²) in [5.41, 5.74) is 1.01. The van der Waals surface area contributed by atoms with E-state index in [0.717, 1.165) is 37.8 Å². The first-order valence-corrected chi connectivity index (χ1v) is 5.25. The van der Waals surface area contributed by atoms with Gasteiger partial charge in [-0.05, 0) is 25.7 Å². The highest BCUT2D eigenvalue weighted by Crippen LogP contribution is 2.07. The Kier molecular flexibility index (Phi) is 4.59. The number of aliphatic hydroxyl groups is 1. The second-order valence-corrected chi connectivity index (χ2v) is 3.72. The van der Waals surface area contributed by atoms with Crippen LogP contribution in [0.4, 0.5) is 0 Å². The Morgan fingerprint density at radius 2 is 2.29 bits per heavy atom. The molecule has 14 heavy (non-hydrogen) atoms. The molecule has 0 saturated carbocycles. The molecule has 0 amide bonds. The van der Waals surface area contributed by atoms with Crippen molar-refractivity contribution in [3.8, 4) is 0 Å². The number of hydrogen-bond acceptors (Lipinski definition) is 3. The highest BCUT2D eigenvalue weighted by atomic mass is 16.3. The molecule has 1 heterocycles. The third-order valence-electron chi connectivity index (χ3n) is 2.24. The average Bonchev–Trinajstić information content (AvgIpc) is 2.52. The van der Waals surface area contributed by atoms with Crippen molar-refractivity contribution in [3.63, 3.8) is 0 Å². The Hall–Kier alpha value is -0.900. The van der Waals surface area contributed by atoms with Gasteiger partial charge in [-0.2, -0.15) is 0 Å². The molecule has 4 heteroatoms. The normalized spacial score (nSPS) is 13.1. The van der Waals surface area contributed by atoms with Gasteiger partial charge in [0.2, 0.25) is 0 Å². The van der Waals surface area contributed by atoms with Gasteiger partial charge in [0.1, 0.15) is 0 Å². The fourth-order valence-corrected chi connectivity index (χ4v) is 1.51. The molecule has 4 nitrogen and oxygen atoms in total. The van der Waals surface area contributed by atoms with Crippen LogP contribution in [0.2, 0.25) is 0 Å². The lowest BCUT2D eigenvalue weighted by molar-refractivity contribution is 0.151. The highest BCUT2D eigenvalue weighted by Gasteiger charge is 2.03. The maximum atomic E-state index is 9.49. The van der Waals surface area contributed by atoms with Crippen molar-refractivity contribution in [2.24, 2.45) is 7.05 Å². The molecule has 1 aromatic rings. The number of nitrogens with zero attached hydrogens (tertiary/aromatic N) is 3. The van der Waals surface area contributed by atoms with Gasteiger partial charge in [0.25, 0.3) is 0 Å². The summed E-state index contributed by atoms with van der Waals surface area (Å²) in [7, 11) is 1.86. The zero-order valence-corrected chi connectivity index (χ0v) is 8.98. The predicted molar refractivity (Wildman–Crippen MR) is 54.9 cm³/mol. The molecule has 0 fully saturated rings. The predicted octanol–water partition coefficient (Wildman–Crippen LogP) is 1.30. The largest absolute Gasteiger partial charge is 0.393 e. The van der Waals surface area contributed by atoms with Crippen molar-refractivity contribution in [3.05, 3.63) is 11.9 Å². The lowest BCUT2D eigenvalue weighted by Crippen LogP contribution is -2.05. The molecular formula is C10H19N3O. The number of aromatic nitrogens is 3. The molecule has 0 saturated heterocycles. The minimum atomic E-state index is -0.142. The Labute approximate surface area is 84.9 Å². The fraction of sp³-hybridized carbons (Fsp3) is 0.800. The third kappa shape index (κ3) is 3.87. The summed E-state index contributed by atoms with van der Waals surface area (Å²) in [5.74, 6) is 0. The molecule has 0 aliphatic carbocycles. The van der Waals surface area contributed by atoms with Crippen molar-refractivity contribution in [1.29, 1.82) is 0 Å². The first kappa shape index (κ1) is 11.2. The van der Waals surface area contributed by atoms with Crippen LogP contribution in [-0.4, -0.2) is 26.2 Å². The molecular weight excluding hydrogens is 178 g/mol. The molecule has 1 atom stereocenters. The van der Waals surface area contributed by atoms with Gasteiger partial charge in [0.15, 0.2) is 0 Å². The Bertz CT molecular complexity index is 260. The van der Waals surface area contributed by atoms with Crippen LogP contribution in [0.15, 0.2) is 6.20 Å². The Morgan fingerprint density at radius 3 is 2.86 bits per heavy atom. The first-order chi connectivity index (χ1) is 6.72. The zero-order chi connectivity index (χ0) is 10.4. The van der Waals surface area contributed by atoms with E-state index in [4.69, 9.17) is 0 Å². The van der Waals surface area contributed by atoms with Crippen molar-refractivity contribution >= 4 is 0 Å². The molecule has 0 aliphatic rings. The van der Waals surface area contributed by atoms with Crippen molar-refractivity contribution in [2.45, 2.75) is 45.1 Å².